The number of aliphatic hydroxyl groups excluding tert-OH is 1. The minimum absolute atomic E-state index is 0.292. The van der Waals surface area contributed by atoms with Crippen molar-refractivity contribution in [2.75, 3.05) is 11.5 Å². The Kier molecular flexibility index (Phi) is 4.02. The summed E-state index contributed by atoms with van der Waals surface area (Å²) < 4.78 is 0. The van der Waals surface area contributed by atoms with E-state index in [1.165, 1.54) is 5.75 Å². The molecule has 1 N–H and O–H groups in total. The lowest BCUT2D eigenvalue weighted by molar-refractivity contribution is 0.105. The van der Waals surface area contributed by atoms with E-state index in [-0.39, 0.29) is 0 Å². The van der Waals surface area contributed by atoms with E-state index in [1.807, 2.05) is 30.0 Å². The fourth-order valence-corrected chi connectivity index (χ4v) is 3.35. The highest BCUT2D eigenvalue weighted by atomic mass is 32.2. The Morgan fingerprint density at radius 2 is 2.25 bits per heavy atom. The molecule has 0 spiro atoms. The SMILES string of the molecule is O=Cc1ccccc1C(O)C1CCCSC1. The van der Waals surface area contributed by atoms with Gasteiger partial charge in [-0.05, 0) is 35.8 Å². The molecule has 0 bridgehead atoms. The third kappa shape index (κ3) is 2.47. The summed E-state index contributed by atoms with van der Waals surface area (Å²) in [6, 6.07) is 7.33. The van der Waals surface area contributed by atoms with E-state index in [4.69, 9.17) is 0 Å². The van der Waals surface area contributed by atoms with Crippen LogP contribution in [0.3, 0.4) is 0 Å². The van der Waals surface area contributed by atoms with Gasteiger partial charge in [-0.25, -0.2) is 0 Å². The summed E-state index contributed by atoms with van der Waals surface area (Å²) in [5, 5.41) is 10.3. The first-order chi connectivity index (χ1) is 7.83. The molecule has 1 aliphatic rings. The van der Waals surface area contributed by atoms with Gasteiger partial charge in [0.25, 0.3) is 0 Å². The van der Waals surface area contributed by atoms with Crippen LogP contribution in [-0.4, -0.2) is 22.9 Å². The number of aldehydes is 1. The molecule has 16 heavy (non-hydrogen) atoms. The molecule has 0 saturated carbocycles. The second-order valence-corrected chi connectivity index (χ2v) is 5.32. The Labute approximate surface area is 100 Å². The number of thioether (sulfide) groups is 1. The van der Waals surface area contributed by atoms with E-state index >= 15 is 0 Å². The van der Waals surface area contributed by atoms with Gasteiger partial charge >= 0.3 is 0 Å². The molecule has 1 heterocycles. The molecule has 1 saturated heterocycles. The standard InChI is InChI=1S/C13H16O2S/c14-8-10-4-1-2-6-12(10)13(15)11-5-3-7-16-9-11/h1-2,4,6,8,11,13,15H,3,5,7,9H2. The molecule has 1 aromatic carbocycles. The summed E-state index contributed by atoms with van der Waals surface area (Å²) in [5.41, 5.74) is 1.40. The van der Waals surface area contributed by atoms with Crippen LogP contribution in [0.4, 0.5) is 0 Å². The molecule has 1 fully saturated rings. The van der Waals surface area contributed by atoms with Crippen molar-refractivity contribution >= 4 is 18.0 Å². The molecule has 0 radical (unpaired) electrons. The van der Waals surface area contributed by atoms with Crippen LogP contribution in [0, 0.1) is 5.92 Å². The predicted molar refractivity (Wildman–Crippen MR) is 66.8 cm³/mol. The van der Waals surface area contributed by atoms with Crippen molar-refractivity contribution in [3.63, 3.8) is 0 Å². The quantitative estimate of drug-likeness (QED) is 0.820. The molecule has 1 aliphatic heterocycles. The number of carbonyl (C=O) groups is 1. The number of benzene rings is 1. The number of aliphatic hydroxyl groups is 1. The molecule has 0 amide bonds. The summed E-state index contributed by atoms with van der Waals surface area (Å²) in [6.07, 6.45) is 2.56. The Morgan fingerprint density at radius 1 is 1.44 bits per heavy atom. The third-order valence-electron chi connectivity index (χ3n) is 3.08. The molecule has 0 aromatic heterocycles. The van der Waals surface area contributed by atoms with E-state index in [9.17, 15) is 9.90 Å². The van der Waals surface area contributed by atoms with Crippen molar-refractivity contribution in [1.29, 1.82) is 0 Å². The van der Waals surface area contributed by atoms with Gasteiger partial charge in [0.05, 0.1) is 6.10 Å². The van der Waals surface area contributed by atoms with E-state index in [0.29, 0.717) is 11.5 Å². The first-order valence-corrected chi connectivity index (χ1v) is 6.78. The lowest BCUT2D eigenvalue weighted by Crippen LogP contribution is -2.20. The van der Waals surface area contributed by atoms with Gasteiger partial charge in [-0.3, -0.25) is 4.79 Å². The van der Waals surface area contributed by atoms with Crippen LogP contribution in [-0.2, 0) is 0 Å². The zero-order valence-corrected chi connectivity index (χ0v) is 9.95. The first kappa shape index (κ1) is 11.7. The van der Waals surface area contributed by atoms with E-state index in [2.05, 4.69) is 0 Å². The monoisotopic (exact) mass is 236 g/mol. The Morgan fingerprint density at radius 3 is 2.94 bits per heavy atom. The number of rotatable bonds is 3. The topological polar surface area (TPSA) is 37.3 Å². The van der Waals surface area contributed by atoms with Gasteiger partial charge in [-0.2, -0.15) is 11.8 Å². The fourth-order valence-electron chi connectivity index (χ4n) is 2.16. The van der Waals surface area contributed by atoms with Gasteiger partial charge in [0.2, 0.25) is 0 Å². The second kappa shape index (κ2) is 5.51. The van der Waals surface area contributed by atoms with Gasteiger partial charge in [-0.15, -0.1) is 0 Å². The zero-order chi connectivity index (χ0) is 11.4. The maximum Gasteiger partial charge on any atom is 0.150 e. The normalized spacial score (nSPS) is 22.7. The van der Waals surface area contributed by atoms with Gasteiger partial charge in [0.1, 0.15) is 6.29 Å². The Hall–Kier alpha value is -0.800. The predicted octanol–water partition coefficient (Wildman–Crippen LogP) is 2.68. The minimum Gasteiger partial charge on any atom is -0.388 e. The van der Waals surface area contributed by atoms with Crippen LogP contribution in [0.25, 0.3) is 0 Å². The number of hydrogen-bond acceptors (Lipinski definition) is 3. The van der Waals surface area contributed by atoms with Crippen molar-refractivity contribution in [3.05, 3.63) is 35.4 Å². The summed E-state index contributed by atoms with van der Waals surface area (Å²) in [4.78, 5) is 10.9. The highest BCUT2D eigenvalue weighted by molar-refractivity contribution is 7.99. The molecule has 2 nitrogen and oxygen atoms in total. The summed E-state index contributed by atoms with van der Waals surface area (Å²) in [6.45, 7) is 0. The van der Waals surface area contributed by atoms with Crippen molar-refractivity contribution in [2.45, 2.75) is 18.9 Å². The van der Waals surface area contributed by atoms with Crippen molar-refractivity contribution in [2.24, 2.45) is 5.92 Å². The van der Waals surface area contributed by atoms with Gasteiger partial charge in [-0.1, -0.05) is 24.3 Å². The number of carbonyl (C=O) groups excluding carboxylic acids is 1. The molecule has 2 unspecified atom stereocenters. The lowest BCUT2D eigenvalue weighted by atomic mass is 9.90. The van der Waals surface area contributed by atoms with Crippen LogP contribution in [0.1, 0.15) is 34.9 Å². The second-order valence-electron chi connectivity index (χ2n) is 4.17. The maximum atomic E-state index is 10.9. The minimum atomic E-state index is -0.491. The molecule has 2 atom stereocenters. The largest absolute Gasteiger partial charge is 0.388 e. The molecular weight excluding hydrogens is 220 g/mol. The molecule has 0 aliphatic carbocycles. The Balaban J connectivity index is 2.18. The zero-order valence-electron chi connectivity index (χ0n) is 9.13. The lowest BCUT2D eigenvalue weighted by Gasteiger charge is -2.27. The van der Waals surface area contributed by atoms with Crippen molar-refractivity contribution in [1.82, 2.24) is 0 Å². The maximum absolute atomic E-state index is 10.9. The molecule has 86 valence electrons. The highest BCUT2D eigenvalue weighted by Gasteiger charge is 2.24. The van der Waals surface area contributed by atoms with E-state index in [1.54, 1.807) is 6.07 Å². The van der Waals surface area contributed by atoms with E-state index < -0.39 is 6.10 Å². The average molecular weight is 236 g/mol. The highest BCUT2D eigenvalue weighted by Crippen LogP contribution is 2.33. The van der Waals surface area contributed by atoms with Crippen LogP contribution < -0.4 is 0 Å². The van der Waals surface area contributed by atoms with Crippen molar-refractivity contribution < 1.29 is 9.90 Å². The van der Waals surface area contributed by atoms with Crippen LogP contribution in [0.2, 0.25) is 0 Å². The smallest absolute Gasteiger partial charge is 0.150 e. The van der Waals surface area contributed by atoms with Crippen molar-refractivity contribution in [3.8, 4) is 0 Å². The molecule has 1 aromatic rings. The Bertz CT molecular complexity index is 359. The molecule has 2 rings (SSSR count). The van der Waals surface area contributed by atoms with Gasteiger partial charge in [0, 0.05) is 5.56 Å². The average Bonchev–Trinajstić information content (AvgIpc) is 2.39. The summed E-state index contributed by atoms with van der Waals surface area (Å²) in [5.74, 6) is 2.48. The number of hydrogen-bond donors (Lipinski definition) is 1. The van der Waals surface area contributed by atoms with Gasteiger partial charge in [0.15, 0.2) is 0 Å². The van der Waals surface area contributed by atoms with E-state index in [0.717, 1.165) is 30.4 Å². The summed E-state index contributed by atoms with van der Waals surface area (Å²) in [7, 11) is 0. The van der Waals surface area contributed by atoms with Crippen LogP contribution in [0.15, 0.2) is 24.3 Å². The first-order valence-electron chi connectivity index (χ1n) is 5.63. The fraction of sp³-hybridized carbons (Fsp3) is 0.462. The van der Waals surface area contributed by atoms with Crippen LogP contribution in [0.5, 0.6) is 0 Å². The van der Waals surface area contributed by atoms with Crippen LogP contribution >= 0.6 is 11.8 Å². The van der Waals surface area contributed by atoms with Gasteiger partial charge < -0.3 is 5.11 Å². The third-order valence-corrected chi connectivity index (χ3v) is 4.32. The molecular formula is C13H16O2S. The summed E-state index contributed by atoms with van der Waals surface area (Å²) >= 11 is 1.89. The molecule has 3 heteroatoms.